The van der Waals surface area contributed by atoms with Gasteiger partial charge in [0.05, 0.1) is 12.2 Å². The van der Waals surface area contributed by atoms with Crippen molar-refractivity contribution in [2.24, 2.45) is 34.5 Å². The fourth-order valence-electron chi connectivity index (χ4n) is 7.66. The number of rotatable bonds is 3. The molecule has 26 heavy (non-hydrogen) atoms. The van der Waals surface area contributed by atoms with Crippen molar-refractivity contribution in [2.45, 2.75) is 77.7 Å². The Labute approximate surface area is 158 Å². The maximum Gasteiger partial charge on any atom is 0.133 e. The van der Waals surface area contributed by atoms with Gasteiger partial charge in [-0.3, -0.25) is 4.79 Å². The van der Waals surface area contributed by atoms with Gasteiger partial charge in [0.25, 0.3) is 0 Å². The lowest BCUT2D eigenvalue weighted by molar-refractivity contribution is -0.125. The van der Waals surface area contributed by atoms with Crippen LogP contribution in [0.2, 0.25) is 0 Å². The second-order valence-electron chi connectivity index (χ2n) is 10.4. The Morgan fingerprint density at radius 1 is 1.23 bits per heavy atom. The first-order chi connectivity index (χ1) is 12.2. The molecule has 0 aromatic rings. The maximum absolute atomic E-state index is 12.2. The molecular formula is C23H36O3. The van der Waals surface area contributed by atoms with Gasteiger partial charge in [0.2, 0.25) is 0 Å². The normalized spacial score (nSPS) is 50.4. The van der Waals surface area contributed by atoms with Gasteiger partial charge in [0.15, 0.2) is 0 Å². The predicted molar refractivity (Wildman–Crippen MR) is 103 cm³/mol. The van der Waals surface area contributed by atoms with Gasteiger partial charge in [-0.05, 0) is 86.9 Å². The van der Waals surface area contributed by atoms with E-state index in [9.17, 15) is 9.90 Å². The first-order valence-corrected chi connectivity index (χ1v) is 10.7. The van der Waals surface area contributed by atoms with Crippen LogP contribution < -0.4 is 0 Å². The molecule has 146 valence electrons. The van der Waals surface area contributed by atoms with Crippen LogP contribution in [0.4, 0.5) is 0 Å². The molecule has 0 heterocycles. The monoisotopic (exact) mass is 360 g/mol. The lowest BCUT2D eigenvalue weighted by Crippen LogP contribution is -2.52. The fraction of sp³-hybridized carbons (Fsp3) is 0.870. The number of ketones is 1. The van der Waals surface area contributed by atoms with E-state index >= 15 is 0 Å². The molecule has 4 aliphatic rings. The minimum atomic E-state index is -0.636. The summed E-state index contributed by atoms with van der Waals surface area (Å²) in [6, 6.07) is 0. The lowest BCUT2D eigenvalue weighted by atomic mass is 9.47. The minimum Gasteiger partial charge on any atom is -0.387 e. The summed E-state index contributed by atoms with van der Waals surface area (Å²) in [5, 5.41) is 10.9. The molecule has 0 spiro atoms. The molecule has 3 nitrogen and oxygen atoms in total. The highest BCUT2D eigenvalue weighted by atomic mass is 16.5. The van der Waals surface area contributed by atoms with Gasteiger partial charge in [0, 0.05) is 13.0 Å². The van der Waals surface area contributed by atoms with Crippen LogP contribution in [0.5, 0.6) is 0 Å². The van der Waals surface area contributed by atoms with Crippen LogP contribution in [-0.4, -0.2) is 30.2 Å². The molecule has 0 aromatic heterocycles. The summed E-state index contributed by atoms with van der Waals surface area (Å²) >= 11 is 0. The maximum atomic E-state index is 12.2. The Balaban J connectivity index is 1.62. The quantitative estimate of drug-likeness (QED) is 0.752. The highest BCUT2D eigenvalue weighted by Crippen LogP contribution is 2.66. The van der Waals surface area contributed by atoms with E-state index in [1.807, 2.05) is 0 Å². The average molecular weight is 361 g/mol. The van der Waals surface area contributed by atoms with E-state index in [-0.39, 0.29) is 16.7 Å². The number of methoxy groups -OCH3 is 1. The Kier molecular flexibility index (Phi) is 4.43. The molecular weight excluding hydrogens is 324 g/mol. The summed E-state index contributed by atoms with van der Waals surface area (Å²) in [6.45, 7) is 7.11. The molecule has 3 fully saturated rings. The number of hydrogen-bond acceptors (Lipinski definition) is 3. The predicted octanol–water partition coefficient (Wildman–Crippen LogP) is 4.53. The van der Waals surface area contributed by atoms with Crippen molar-refractivity contribution >= 4 is 5.78 Å². The summed E-state index contributed by atoms with van der Waals surface area (Å²) in [6.07, 6.45) is 11.1. The SMILES string of the molecule is COC[C@@]1(O)CC[C@]2(C)C3=CC[C@]4(C)[C@@H](C(C)=O)CC[C@H]4[C@@H]3CC[C@@H]2C1. The van der Waals surface area contributed by atoms with Gasteiger partial charge in [-0.15, -0.1) is 0 Å². The van der Waals surface area contributed by atoms with Crippen molar-refractivity contribution in [3.8, 4) is 0 Å². The number of hydrogen-bond donors (Lipinski definition) is 1. The van der Waals surface area contributed by atoms with E-state index in [2.05, 4.69) is 19.9 Å². The smallest absolute Gasteiger partial charge is 0.133 e. The zero-order valence-corrected chi connectivity index (χ0v) is 17.0. The molecule has 4 aliphatic carbocycles. The second-order valence-corrected chi connectivity index (χ2v) is 10.4. The lowest BCUT2D eigenvalue weighted by Gasteiger charge is -2.58. The van der Waals surface area contributed by atoms with Gasteiger partial charge >= 0.3 is 0 Å². The summed E-state index contributed by atoms with van der Waals surface area (Å²) < 4.78 is 5.31. The third kappa shape index (κ3) is 2.57. The molecule has 1 N–H and O–H groups in total. The number of carbonyl (C=O) groups excluding carboxylic acids is 1. The largest absolute Gasteiger partial charge is 0.387 e. The van der Waals surface area contributed by atoms with Crippen molar-refractivity contribution in [3.05, 3.63) is 11.6 Å². The number of Topliss-reactive ketones (excluding diaryl/α,β-unsaturated/α-hetero) is 1. The first-order valence-electron chi connectivity index (χ1n) is 10.7. The van der Waals surface area contributed by atoms with Crippen LogP contribution in [0, 0.1) is 34.5 Å². The summed E-state index contributed by atoms with van der Waals surface area (Å²) in [5.74, 6) is 2.55. The van der Waals surface area contributed by atoms with Crippen molar-refractivity contribution in [1.82, 2.24) is 0 Å². The van der Waals surface area contributed by atoms with Crippen molar-refractivity contribution in [3.63, 3.8) is 0 Å². The van der Waals surface area contributed by atoms with Crippen LogP contribution in [0.1, 0.15) is 72.1 Å². The summed E-state index contributed by atoms with van der Waals surface area (Å²) in [4.78, 5) is 12.2. The Hall–Kier alpha value is -0.670. The van der Waals surface area contributed by atoms with Crippen LogP contribution >= 0.6 is 0 Å². The van der Waals surface area contributed by atoms with Crippen LogP contribution in [-0.2, 0) is 9.53 Å². The van der Waals surface area contributed by atoms with Crippen molar-refractivity contribution in [1.29, 1.82) is 0 Å². The molecule has 0 radical (unpaired) electrons. The zero-order valence-electron chi connectivity index (χ0n) is 17.0. The van der Waals surface area contributed by atoms with E-state index in [1.165, 1.54) is 19.3 Å². The van der Waals surface area contributed by atoms with Crippen LogP contribution in [0.3, 0.4) is 0 Å². The average Bonchev–Trinajstić information content (AvgIpc) is 2.93. The minimum absolute atomic E-state index is 0.175. The second kappa shape index (κ2) is 6.17. The molecule has 0 aliphatic heterocycles. The standard InChI is InChI=1S/C23H36O3/c1-15(24)18-7-8-19-17-6-5-16-13-23(25,14-26-4)12-11-21(16,2)20(17)9-10-22(18,19)3/h9,16-19,25H,5-8,10-14H2,1-4H3/t16-,17+,18-,19+,21+,22-,23-/m1/s1. The van der Waals surface area contributed by atoms with E-state index in [4.69, 9.17) is 4.74 Å². The number of ether oxygens (including phenoxy) is 1. The van der Waals surface area contributed by atoms with Crippen LogP contribution in [0.15, 0.2) is 11.6 Å². The zero-order chi connectivity index (χ0) is 18.7. The van der Waals surface area contributed by atoms with Crippen LogP contribution in [0.25, 0.3) is 0 Å². The number of aliphatic hydroxyl groups is 1. The first kappa shape index (κ1) is 18.7. The highest BCUT2D eigenvalue weighted by Gasteiger charge is 2.59. The Morgan fingerprint density at radius 2 is 2.00 bits per heavy atom. The third-order valence-electron chi connectivity index (χ3n) is 9.08. The highest BCUT2D eigenvalue weighted by molar-refractivity contribution is 5.79. The summed E-state index contributed by atoms with van der Waals surface area (Å²) in [7, 11) is 1.69. The number of allylic oxidation sites excluding steroid dienone is 2. The Bertz CT molecular complexity index is 625. The molecule has 0 amide bonds. The molecule has 0 bridgehead atoms. The topological polar surface area (TPSA) is 46.5 Å². The molecule has 0 saturated heterocycles. The van der Waals surface area contributed by atoms with E-state index in [0.29, 0.717) is 30.1 Å². The Morgan fingerprint density at radius 3 is 2.69 bits per heavy atom. The van der Waals surface area contributed by atoms with Gasteiger partial charge in [-0.2, -0.15) is 0 Å². The molecule has 3 heteroatoms. The van der Waals surface area contributed by atoms with Gasteiger partial charge in [0.1, 0.15) is 5.78 Å². The fourth-order valence-corrected chi connectivity index (χ4v) is 7.66. The van der Waals surface area contributed by atoms with Gasteiger partial charge in [-0.25, -0.2) is 0 Å². The van der Waals surface area contributed by atoms with E-state index in [1.54, 1.807) is 19.6 Å². The molecule has 4 rings (SSSR count). The van der Waals surface area contributed by atoms with Gasteiger partial charge < -0.3 is 9.84 Å². The molecule has 0 aromatic carbocycles. The summed E-state index contributed by atoms with van der Waals surface area (Å²) in [5.41, 5.74) is 1.45. The van der Waals surface area contributed by atoms with Gasteiger partial charge in [-0.1, -0.05) is 25.5 Å². The molecule has 3 saturated carbocycles. The van der Waals surface area contributed by atoms with E-state index < -0.39 is 5.60 Å². The molecule has 0 unspecified atom stereocenters. The van der Waals surface area contributed by atoms with Crippen molar-refractivity contribution < 1.29 is 14.6 Å². The molecule has 7 atom stereocenters. The number of fused-ring (bicyclic) bond motifs is 5. The van der Waals surface area contributed by atoms with Crippen molar-refractivity contribution in [2.75, 3.05) is 13.7 Å². The third-order valence-corrected chi connectivity index (χ3v) is 9.08. The van der Waals surface area contributed by atoms with E-state index in [0.717, 1.165) is 32.1 Å². The number of carbonyl (C=O) groups is 1.